The van der Waals surface area contributed by atoms with Crippen LogP contribution in [0.5, 0.6) is 0 Å². The van der Waals surface area contributed by atoms with Crippen molar-refractivity contribution < 1.29 is 0 Å². The van der Waals surface area contributed by atoms with E-state index in [1.807, 2.05) is 0 Å². The number of piperazine rings is 1. The third kappa shape index (κ3) is 3.08. The first-order valence-corrected chi connectivity index (χ1v) is 6.69. The van der Waals surface area contributed by atoms with Gasteiger partial charge in [-0.3, -0.25) is 4.90 Å². The molecule has 2 heteroatoms. The number of hydrogen-bond donors (Lipinski definition) is 0. The Morgan fingerprint density at radius 1 is 1.06 bits per heavy atom. The van der Waals surface area contributed by atoms with Gasteiger partial charge in [-0.1, -0.05) is 25.1 Å². The fourth-order valence-electron chi connectivity index (χ4n) is 2.54. The van der Waals surface area contributed by atoms with E-state index in [-0.39, 0.29) is 0 Å². The standard InChI is InChI=1S/C15H24N2/c1-4-14-6-5-7-15(13(14)2)12-17-10-8-16(3)9-11-17/h5-7H,4,8-12H2,1-3H3. The summed E-state index contributed by atoms with van der Waals surface area (Å²) >= 11 is 0. The van der Waals surface area contributed by atoms with Crippen molar-refractivity contribution in [2.24, 2.45) is 0 Å². The Balaban J connectivity index is 2.03. The summed E-state index contributed by atoms with van der Waals surface area (Å²) in [5, 5.41) is 0. The average molecular weight is 232 g/mol. The molecule has 94 valence electrons. The maximum absolute atomic E-state index is 2.57. The van der Waals surface area contributed by atoms with Crippen LogP contribution in [0.4, 0.5) is 0 Å². The molecule has 1 fully saturated rings. The van der Waals surface area contributed by atoms with Crippen LogP contribution in [0.15, 0.2) is 18.2 Å². The summed E-state index contributed by atoms with van der Waals surface area (Å²) in [4.78, 5) is 4.98. The van der Waals surface area contributed by atoms with Gasteiger partial charge in [0.2, 0.25) is 0 Å². The van der Waals surface area contributed by atoms with E-state index >= 15 is 0 Å². The summed E-state index contributed by atoms with van der Waals surface area (Å²) in [6.45, 7) is 10.4. The number of hydrogen-bond acceptors (Lipinski definition) is 2. The fourth-order valence-corrected chi connectivity index (χ4v) is 2.54. The van der Waals surface area contributed by atoms with Crippen LogP contribution in [-0.2, 0) is 13.0 Å². The van der Waals surface area contributed by atoms with Gasteiger partial charge in [-0.15, -0.1) is 0 Å². The van der Waals surface area contributed by atoms with E-state index in [2.05, 4.69) is 48.9 Å². The molecule has 1 aliphatic rings. The predicted molar refractivity (Wildman–Crippen MR) is 73.3 cm³/mol. The van der Waals surface area contributed by atoms with Gasteiger partial charge < -0.3 is 4.90 Å². The quantitative estimate of drug-likeness (QED) is 0.789. The van der Waals surface area contributed by atoms with Crippen LogP contribution >= 0.6 is 0 Å². The zero-order chi connectivity index (χ0) is 12.3. The molecule has 0 radical (unpaired) electrons. The summed E-state index contributed by atoms with van der Waals surface area (Å²) in [6, 6.07) is 6.74. The second kappa shape index (κ2) is 5.65. The highest BCUT2D eigenvalue weighted by Crippen LogP contribution is 2.17. The van der Waals surface area contributed by atoms with Gasteiger partial charge in [-0.25, -0.2) is 0 Å². The molecule has 1 aromatic carbocycles. The first-order chi connectivity index (χ1) is 8.20. The summed E-state index contributed by atoms with van der Waals surface area (Å²) in [5.74, 6) is 0. The van der Waals surface area contributed by atoms with Gasteiger partial charge in [0.15, 0.2) is 0 Å². The number of nitrogens with zero attached hydrogens (tertiary/aromatic N) is 2. The zero-order valence-electron chi connectivity index (χ0n) is 11.4. The number of likely N-dealkylation sites (N-methyl/N-ethyl adjacent to an activating group) is 1. The molecule has 0 spiro atoms. The normalized spacial score (nSPS) is 18.5. The van der Waals surface area contributed by atoms with Gasteiger partial charge in [-0.05, 0) is 37.1 Å². The van der Waals surface area contributed by atoms with Crippen LogP contribution in [0.3, 0.4) is 0 Å². The molecule has 0 saturated carbocycles. The molecule has 1 heterocycles. The van der Waals surface area contributed by atoms with Gasteiger partial charge in [-0.2, -0.15) is 0 Å². The van der Waals surface area contributed by atoms with Crippen molar-refractivity contribution in [3.63, 3.8) is 0 Å². The summed E-state index contributed by atoms with van der Waals surface area (Å²) in [5.41, 5.74) is 4.50. The van der Waals surface area contributed by atoms with Crippen molar-refractivity contribution in [3.8, 4) is 0 Å². The zero-order valence-corrected chi connectivity index (χ0v) is 11.4. The molecular formula is C15H24N2. The molecule has 2 nitrogen and oxygen atoms in total. The highest BCUT2D eigenvalue weighted by molar-refractivity contribution is 5.34. The third-order valence-electron chi connectivity index (χ3n) is 3.93. The molecule has 1 aliphatic heterocycles. The molecule has 0 bridgehead atoms. The molecule has 2 rings (SSSR count). The van der Waals surface area contributed by atoms with Crippen LogP contribution in [0.1, 0.15) is 23.6 Å². The van der Waals surface area contributed by atoms with Crippen molar-refractivity contribution in [2.45, 2.75) is 26.8 Å². The monoisotopic (exact) mass is 232 g/mol. The molecule has 0 atom stereocenters. The Bertz CT molecular complexity index is 365. The first kappa shape index (κ1) is 12.6. The number of rotatable bonds is 3. The second-order valence-corrected chi connectivity index (χ2v) is 5.13. The van der Waals surface area contributed by atoms with E-state index in [9.17, 15) is 0 Å². The van der Waals surface area contributed by atoms with E-state index in [4.69, 9.17) is 0 Å². The minimum absolute atomic E-state index is 1.12. The van der Waals surface area contributed by atoms with Crippen molar-refractivity contribution in [1.82, 2.24) is 9.80 Å². The molecule has 0 N–H and O–H groups in total. The van der Waals surface area contributed by atoms with Crippen LogP contribution < -0.4 is 0 Å². The molecule has 17 heavy (non-hydrogen) atoms. The number of aryl methyl sites for hydroxylation is 1. The van der Waals surface area contributed by atoms with Gasteiger partial charge in [0.05, 0.1) is 0 Å². The number of benzene rings is 1. The molecule has 0 aliphatic carbocycles. The van der Waals surface area contributed by atoms with Crippen LogP contribution in [0, 0.1) is 6.92 Å². The van der Waals surface area contributed by atoms with Crippen LogP contribution in [-0.4, -0.2) is 43.0 Å². The topological polar surface area (TPSA) is 6.48 Å². The smallest absolute Gasteiger partial charge is 0.0237 e. The molecule has 1 aromatic rings. The molecule has 0 amide bonds. The molecule has 0 unspecified atom stereocenters. The fraction of sp³-hybridized carbons (Fsp3) is 0.600. The van der Waals surface area contributed by atoms with E-state index in [0.29, 0.717) is 0 Å². The average Bonchev–Trinajstić information content (AvgIpc) is 2.35. The molecule has 1 saturated heterocycles. The highest BCUT2D eigenvalue weighted by atomic mass is 15.2. The Morgan fingerprint density at radius 3 is 2.35 bits per heavy atom. The largest absolute Gasteiger partial charge is 0.304 e. The summed E-state index contributed by atoms with van der Waals surface area (Å²) in [6.07, 6.45) is 1.14. The van der Waals surface area contributed by atoms with Crippen molar-refractivity contribution in [2.75, 3.05) is 33.2 Å². The Morgan fingerprint density at radius 2 is 1.71 bits per heavy atom. The van der Waals surface area contributed by atoms with E-state index in [1.165, 1.54) is 42.9 Å². The van der Waals surface area contributed by atoms with Crippen LogP contribution in [0.25, 0.3) is 0 Å². The van der Waals surface area contributed by atoms with Crippen molar-refractivity contribution >= 4 is 0 Å². The maximum Gasteiger partial charge on any atom is 0.0237 e. The lowest BCUT2D eigenvalue weighted by atomic mass is 10.00. The van der Waals surface area contributed by atoms with E-state index in [0.717, 1.165) is 13.0 Å². The Hall–Kier alpha value is -0.860. The third-order valence-corrected chi connectivity index (χ3v) is 3.93. The van der Waals surface area contributed by atoms with Gasteiger partial charge in [0, 0.05) is 32.7 Å². The van der Waals surface area contributed by atoms with Gasteiger partial charge >= 0.3 is 0 Å². The molecule has 0 aromatic heterocycles. The summed E-state index contributed by atoms with van der Waals surface area (Å²) in [7, 11) is 2.21. The molecular weight excluding hydrogens is 208 g/mol. The van der Waals surface area contributed by atoms with Gasteiger partial charge in [0.1, 0.15) is 0 Å². The minimum Gasteiger partial charge on any atom is -0.304 e. The second-order valence-electron chi connectivity index (χ2n) is 5.13. The SMILES string of the molecule is CCc1cccc(CN2CCN(C)CC2)c1C. The first-order valence-electron chi connectivity index (χ1n) is 6.69. The highest BCUT2D eigenvalue weighted by Gasteiger charge is 2.14. The minimum atomic E-state index is 1.12. The predicted octanol–water partition coefficient (Wildman–Crippen LogP) is 2.30. The van der Waals surface area contributed by atoms with Crippen LogP contribution in [0.2, 0.25) is 0 Å². The van der Waals surface area contributed by atoms with Gasteiger partial charge in [0.25, 0.3) is 0 Å². The lowest BCUT2D eigenvalue weighted by molar-refractivity contribution is 0.148. The van der Waals surface area contributed by atoms with Crippen molar-refractivity contribution in [3.05, 3.63) is 34.9 Å². The lowest BCUT2D eigenvalue weighted by Crippen LogP contribution is -2.43. The summed E-state index contributed by atoms with van der Waals surface area (Å²) < 4.78 is 0. The lowest BCUT2D eigenvalue weighted by Gasteiger charge is -2.32. The maximum atomic E-state index is 2.57. The van der Waals surface area contributed by atoms with Crippen molar-refractivity contribution in [1.29, 1.82) is 0 Å². The Labute approximate surface area is 105 Å². The Kier molecular flexibility index (Phi) is 4.19. The van der Waals surface area contributed by atoms with E-state index < -0.39 is 0 Å². The van der Waals surface area contributed by atoms with E-state index in [1.54, 1.807) is 0 Å².